The average Bonchev–Trinajstić information content (AvgIpc) is 3.79. The Labute approximate surface area is 234 Å². The molecular formula is C33H34N4O3. The molecule has 1 aliphatic heterocycles. The first-order valence-corrected chi connectivity index (χ1v) is 13.8. The van der Waals surface area contributed by atoms with E-state index < -0.39 is 12.0 Å². The van der Waals surface area contributed by atoms with Crippen LogP contribution < -0.4 is 5.56 Å². The third-order valence-electron chi connectivity index (χ3n) is 8.11. The topological polar surface area (TPSA) is 89.5 Å². The predicted octanol–water partition coefficient (Wildman–Crippen LogP) is 4.20. The summed E-state index contributed by atoms with van der Waals surface area (Å²) in [4.78, 5) is 38.2. The number of aliphatic hydroxyl groups is 1. The zero-order valence-electron chi connectivity index (χ0n) is 22.9. The van der Waals surface area contributed by atoms with E-state index in [2.05, 4.69) is 34.1 Å². The molecule has 204 valence electrons. The number of carbonyl (C=O) groups excluding carboxylic acids is 1. The van der Waals surface area contributed by atoms with Crippen molar-refractivity contribution in [1.29, 1.82) is 0 Å². The van der Waals surface area contributed by atoms with Gasteiger partial charge in [0.25, 0.3) is 11.5 Å². The van der Waals surface area contributed by atoms with Gasteiger partial charge in [-0.1, -0.05) is 66.7 Å². The quantitative estimate of drug-likeness (QED) is 0.371. The number of nitrogens with one attached hydrogen (secondary N) is 1. The van der Waals surface area contributed by atoms with Crippen molar-refractivity contribution in [2.45, 2.75) is 43.9 Å². The zero-order chi connectivity index (χ0) is 27.9. The molecule has 1 amide bonds. The Hall–Kier alpha value is -4.07. The lowest BCUT2D eigenvalue weighted by Gasteiger charge is -2.30. The van der Waals surface area contributed by atoms with Gasteiger partial charge < -0.3 is 19.9 Å². The van der Waals surface area contributed by atoms with Crippen LogP contribution in [0.25, 0.3) is 11.1 Å². The van der Waals surface area contributed by atoms with E-state index in [1.807, 2.05) is 62.6 Å². The Bertz CT molecular complexity index is 1610. The molecule has 1 saturated carbocycles. The van der Waals surface area contributed by atoms with Gasteiger partial charge in [-0.2, -0.15) is 0 Å². The molecule has 6 rings (SSSR count). The lowest BCUT2D eigenvalue weighted by molar-refractivity contribution is -0.141. The van der Waals surface area contributed by atoms with E-state index in [0.29, 0.717) is 29.9 Å². The summed E-state index contributed by atoms with van der Waals surface area (Å²) in [5.41, 5.74) is 5.69. The number of nitrogens with zero attached hydrogens (tertiary/aromatic N) is 3. The van der Waals surface area contributed by atoms with Crippen LogP contribution in [0.2, 0.25) is 0 Å². The van der Waals surface area contributed by atoms with Crippen molar-refractivity contribution in [3.05, 3.63) is 123 Å². The lowest BCUT2D eigenvalue weighted by Crippen LogP contribution is -2.42. The molecule has 40 heavy (non-hydrogen) atoms. The van der Waals surface area contributed by atoms with Gasteiger partial charge in [0.15, 0.2) is 6.10 Å². The Morgan fingerprint density at radius 1 is 1.02 bits per heavy atom. The van der Waals surface area contributed by atoms with Crippen LogP contribution in [0.5, 0.6) is 0 Å². The molecule has 7 heteroatoms. The Kier molecular flexibility index (Phi) is 6.86. The molecule has 7 nitrogen and oxygen atoms in total. The molecule has 0 spiro atoms. The number of amides is 1. The van der Waals surface area contributed by atoms with Gasteiger partial charge in [-0.15, -0.1) is 0 Å². The van der Waals surface area contributed by atoms with Crippen molar-refractivity contribution in [2.24, 2.45) is 0 Å². The Morgan fingerprint density at radius 3 is 2.48 bits per heavy atom. The molecule has 0 radical (unpaired) electrons. The van der Waals surface area contributed by atoms with Gasteiger partial charge in [0.1, 0.15) is 5.82 Å². The van der Waals surface area contributed by atoms with Crippen molar-refractivity contribution in [3.63, 3.8) is 0 Å². The van der Waals surface area contributed by atoms with Crippen LogP contribution in [0.4, 0.5) is 0 Å². The van der Waals surface area contributed by atoms with E-state index in [1.165, 1.54) is 11.1 Å². The standard InChI is InChI=1S/C33H34N4O3/c1-36(2)20-22-8-6-9-23(18-22)24-10-7-11-25(19-24)29(38)31(40)37-17-14-28-27(21-37)30(39)35-32(34-28)33(15-16-33)26-12-4-3-5-13-26/h3-13,18-19,29,38H,14-17,20-21H2,1-2H3,(H,34,35,39). The second kappa shape index (κ2) is 10.5. The number of aromatic amines is 1. The van der Waals surface area contributed by atoms with Crippen molar-refractivity contribution >= 4 is 5.91 Å². The fourth-order valence-electron chi connectivity index (χ4n) is 5.80. The van der Waals surface area contributed by atoms with Gasteiger partial charge in [-0.3, -0.25) is 9.59 Å². The fraction of sp³-hybridized carbons (Fsp3) is 0.303. The van der Waals surface area contributed by atoms with E-state index in [4.69, 9.17) is 4.98 Å². The first-order chi connectivity index (χ1) is 19.3. The number of H-pyrrole nitrogens is 1. The second-order valence-corrected chi connectivity index (χ2v) is 11.3. The summed E-state index contributed by atoms with van der Waals surface area (Å²) in [5.74, 6) is 0.310. The van der Waals surface area contributed by atoms with Gasteiger partial charge in [0.05, 0.1) is 23.2 Å². The third-order valence-corrected chi connectivity index (χ3v) is 8.11. The molecule has 1 aromatic heterocycles. The zero-order valence-corrected chi connectivity index (χ0v) is 22.9. The Morgan fingerprint density at radius 2 is 1.75 bits per heavy atom. The largest absolute Gasteiger partial charge is 0.378 e. The summed E-state index contributed by atoms with van der Waals surface area (Å²) in [7, 11) is 4.07. The van der Waals surface area contributed by atoms with Crippen molar-refractivity contribution in [3.8, 4) is 11.1 Å². The highest BCUT2D eigenvalue weighted by Gasteiger charge is 2.48. The molecule has 2 aliphatic rings. The minimum Gasteiger partial charge on any atom is -0.378 e. The van der Waals surface area contributed by atoms with Gasteiger partial charge in [-0.25, -0.2) is 4.98 Å². The number of aliphatic hydroxyl groups excluding tert-OH is 1. The number of benzene rings is 3. The van der Waals surface area contributed by atoms with E-state index in [1.54, 1.807) is 11.0 Å². The van der Waals surface area contributed by atoms with Crippen LogP contribution >= 0.6 is 0 Å². The normalized spacial score (nSPS) is 16.4. The minimum atomic E-state index is -1.31. The van der Waals surface area contributed by atoms with Gasteiger partial charge in [0.2, 0.25) is 0 Å². The number of fused-ring (bicyclic) bond motifs is 1. The minimum absolute atomic E-state index is 0.137. The number of hydrogen-bond donors (Lipinski definition) is 2. The molecule has 0 bridgehead atoms. The van der Waals surface area contributed by atoms with E-state index >= 15 is 0 Å². The summed E-state index contributed by atoms with van der Waals surface area (Å²) in [6, 6.07) is 26.0. The Balaban J connectivity index is 1.20. The molecule has 3 aromatic carbocycles. The monoisotopic (exact) mass is 534 g/mol. The maximum absolute atomic E-state index is 13.4. The maximum Gasteiger partial charge on any atom is 0.256 e. The van der Waals surface area contributed by atoms with Crippen molar-refractivity contribution in [2.75, 3.05) is 20.6 Å². The highest BCUT2D eigenvalue weighted by atomic mass is 16.3. The van der Waals surface area contributed by atoms with Crippen LogP contribution in [0.1, 0.15) is 52.7 Å². The van der Waals surface area contributed by atoms with E-state index in [0.717, 1.165) is 36.2 Å². The van der Waals surface area contributed by atoms with E-state index in [9.17, 15) is 14.7 Å². The summed E-state index contributed by atoms with van der Waals surface area (Å²) in [6.07, 6.45) is 1.07. The summed E-state index contributed by atoms with van der Waals surface area (Å²) < 4.78 is 0. The molecule has 1 unspecified atom stereocenters. The smallest absolute Gasteiger partial charge is 0.256 e. The second-order valence-electron chi connectivity index (χ2n) is 11.3. The van der Waals surface area contributed by atoms with Crippen LogP contribution in [0, 0.1) is 0 Å². The molecule has 2 heterocycles. The highest BCUT2D eigenvalue weighted by Crippen LogP contribution is 2.52. The lowest BCUT2D eigenvalue weighted by atomic mass is 9.94. The molecular weight excluding hydrogens is 500 g/mol. The molecule has 1 aliphatic carbocycles. The van der Waals surface area contributed by atoms with Crippen LogP contribution in [-0.4, -0.2) is 51.4 Å². The molecule has 1 fully saturated rings. The number of carbonyl (C=O) groups is 1. The number of hydrogen-bond acceptors (Lipinski definition) is 5. The van der Waals surface area contributed by atoms with Crippen LogP contribution in [0.15, 0.2) is 83.7 Å². The van der Waals surface area contributed by atoms with Crippen LogP contribution in [0.3, 0.4) is 0 Å². The van der Waals surface area contributed by atoms with E-state index in [-0.39, 0.29) is 17.5 Å². The average molecular weight is 535 g/mol. The molecule has 0 saturated heterocycles. The molecule has 2 N–H and O–H groups in total. The summed E-state index contributed by atoms with van der Waals surface area (Å²) in [5, 5.41) is 11.1. The molecule has 4 aromatic rings. The van der Waals surface area contributed by atoms with Crippen LogP contribution in [-0.2, 0) is 29.7 Å². The summed E-state index contributed by atoms with van der Waals surface area (Å²) >= 11 is 0. The predicted molar refractivity (Wildman–Crippen MR) is 155 cm³/mol. The summed E-state index contributed by atoms with van der Waals surface area (Å²) in [6.45, 7) is 1.37. The van der Waals surface area contributed by atoms with Gasteiger partial charge >= 0.3 is 0 Å². The number of rotatable bonds is 7. The van der Waals surface area contributed by atoms with Crippen molar-refractivity contribution < 1.29 is 9.90 Å². The van der Waals surface area contributed by atoms with Gasteiger partial charge in [-0.05, 0) is 66.9 Å². The maximum atomic E-state index is 13.4. The van der Waals surface area contributed by atoms with Crippen molar-refractivity contribution in [1.82, 2.24) is 19.8 Å². The number of aromatic nitrogens is 2. The first-order valence-electron chi connectivity index (χ1n) is 13.8. The van der Waals surface area contributed by atoms with Gasteiger partial charge in [0, 0.05) is 19.5 Å². The first kappa shape index (κ1) is 26.2. The molecule has 1 atom stereocenters. The fourth-order valence-corrected chi connectivity index (χ4v) is 5.80. The highest BCUT2D eigenvalue weighted by molar-refractivity contribution is 5.83. The third kappa shape index (κ3) is 4.98. The SMILES string of the molecule is CN(C)Cc1cccc(-c2cccc(C(O)C(=O)N3CCc4nc(C5(c6ccccc6)CC5)[nH]c(=O)c4C3)c2)c1.